The Bertz CT molecular complexity index is 573. The molecule has 3 rings (SSSR count). The van der Waals surface area contributed by atoms with Gasteiger partial charge in [0.05, 0.1) is 12.4 Å². The van der Waals surface area contributed by atoms with Crippen LogP contribution in [0.25, 0.3) is 0 Å². The van der Waals surface area contributed by atoms with Gasteiger partial charge in [0.2, 0.25) is 0 Å². The van der Waals surface area contributed by atoms with Gasteiger partial charge in [-0.2, -0.15) is 5.10 Å². The third-order valence-electron chi connectivity index (χ3n) is 3.33. The smallest absolute Gasteiger partial charge is 0.165 e. The van der Waals surface area contributed by atoms with E-state index in [0.29, 0.717) is 0 Å². The third kappa shape index (κ3) is 3.15. The normalized spacial score (nSPS) is 14.6. The minimum atomic E-state index is 0.726. The van der Waals surface area contributed by atoms with Crippen molar-refractivity contribution in [3.63, 3.8) is 0 Å². The van der Waals surface area contributed by atoms with Crippen LogP contribution in [0, 0.1) is 6.92 Å². The summed E-state index contributed by atoms with van der Waals surface area (Å²) in [6.07, 6.45) is 6.22. The van der Waals surface area contributed by atoms with Gasteiger partial charge in [0.15, 0.2) is 5.75 Å². The van der Waals surface area contributed by atoms with Crippen molar-refractivity contribution in [1.82, 2.24) is 15.1 Å². The first kappa shape index (κ1) is 12.2. The van der Waals surface area contributed by atoms with E-state index in [4.69, 9.17) is 4.74 Å². The lowest BCUT2D eigenvalue weighted by atomic mass is 10.1. The van der Waals surface area contributed by atoms with Crippen LogP contribution in [0.1, 0.15) is 24.0 Å². The minimum absolute atomic E-state index is 0.726. The summed E-state index contributed by atoms with van der Waals surface area (Å²) in [5.41, 5.74) is 2.40. The van der Waals surface area contributed by atoms with Crippen LogP contribution in [0.2, 0.25) is 0 Å². The van der Waals surface area contributed by atoms with Gasteiger partial charge in [0.25, 0.3) is 0 Å². The Morgan fingerprint density at radius 3 is 2.95 bits per heavy atom. The summed E-state index contributed by atoms with van der Waals surface area (Å²) in [7, 11) is 1.88. The predicted octanol–water partition coefficient (Wildman–Crippen LogP) is 2.77. The highest BCUT2D eigenvalue weighted by molar-refractivity contribution is 5.39. The van der Waals surface area contributed by atoms with Crippen molar-refractivity contribution in [3.05, 3.63) is 41.7 Å². The fourth-order valence-corrected chi connectivity index (χ4v) is 1.99. The van der Waals surface area contributed by atoms with Crippen molar-refractivity contribution in [2.75, 3.05) is 0 Å². The van der Waals surface area contributed by atoms with Crippen molar-refractivity contribution < 1.29 is 4.74 Å². The van der Waals surface area contributed by atoms with E-state index in [9.17, 15) is 0 Å². The molecule has 1 aromatic heterocycles. The average Bonchev–Trinajstić information content (AvgIpc) is 3.13. The maximum atomic E-state index is 5.88. The molecule has 1 heterocycles. The number of aromatic nitrogens is 2. The van der Waals surface area contributed by atoms with Gasteiger partial charge in [-0.1, -0.05) is 12.1 Å². The summed E-state index contributed by atoms with van der Waals surface area (Å²) in [6, 6.07) is 7.10. The molecule has 1 aromatic carbocycles. The number of nitrogens with one attached hydrogen (secondary N) is 1. The summed E-state index contributed by atoms with van der Waals surface area (Å²) in [4.78, 5) is 0. The van der Waals surface area contributed by atoms with E-state index < -0.39 is 0 Å². The van der Waals surface area contributed by atoms with Gasteiger partial charge < -0.3 is 10.1 Å². The lowest BCUT2D eigenvalue weighted by molar-refractivity contribution is 0.477. The van der Waals surface area contributed by atoms with Gasteiger partial charge >= 0.3 is 0 Å². The first-order valence-electron chi connectivity index (χ1n) is 6.70. The lowest BCUT2D eigenvalue weighted by Gasteiger charge is -2.10. The number of hydrogen-bond acceptors (Lipinski definition) is 3. The Labute approximate surface area is 113 Å². The Kier molecular flexibility index (Phi) is 3.25. The van der Waals surface area contributed by atoms with Gasteiger partial charge in [-0.3, -0.25) is 4.68 Å². The fraction of sp³-hybridized carbons (Fsp3) is 0.400. The molecule has 1 aliphatic rings. The molecule has 100 valence electrons. The summed E-state index contributed by atoms with van der Waals surface area (Å²) in [6.45, 7) is 2.97. The fourth-order valence-electron chi connectivity index (χ4n) is 1.99. The lowest BCUT2D eigenvalue weighted by Crippen LogP contribution is -2.15. The van der Waals surface area contributed by atoms with E-state index >= 15 is 0 Å². The van der Waals surface area contributed by atoms with E-state index in [1.807, 2.05) is 13.2 Å². The molecular weight excluding hydrogens is 238 g/mol. The molecule has 0 bridgehead atoms. The Morgan fingerprint density at radius 2 is 2.26 bits per heavy atom. The highest BCUT2D eigenvalue weighted by atomic mass is 16.5. The zero-order valence-corrected chi connectivity index (χ0v) is 11.4. The standard InChI is InChI=1S/C15H19N3O/c1-11-3-4-12(8-16-13-5-6-13)7-15(11)19-14-9-17-18(2)10-14/h3-4,7,9-10,13,16H,5-6,8H2,1-2H3. The molecule has 4 heteroatoms. The molecule has 4 nitrogen and oxygen atoms in total. The monoisotopic (exact) mass is 257 g/mol. The van der Waals surface area contributed by atoms with E-state index in [-0.39, 0.29) is 0 Å². The van der Waals surface area contributed by atoms with Crippen LogP contribution in [0.5, 0.6) is 11.5 Å². The molecule has 2 aromatic rings. The number of aryl methyl sites for hydroxylation is 2. The molecule has 0 spiro atoms. The first-order valence-corrected chi connectivity index (χ1v) is 6.70. The Morgan fingerprint density at radius 1 is 1.42 bits per heavy atom. The predicted molar refractivity (Wildman–Crippen MR) is 74.3 cm³/mol. The summed E-state index contributed by atoms with van der Waals surface area (Å²) in [5, 5.41) is 7.63. The first-order chi connectivity index (χ1) is 9.20. The van der Waals surface area contributed by atoms with Crippen LogP contribution in [-0.4, -0.2) is 15.8 Å². The van der Waals surface area contributed by atoms with E-state index in [2.05, 4.69) is 35.5 Å². The van der Waals surface area contributed by atoms with Crippen molar-refractivity contribution >= 4 is 0 Å². The van der Waals surface area contributed by atoms with Crippen molar-refractivity contribution in [3.8, 4) is 11.5 Å². The molecule has 1 N–H and O–H groups in total. The Balaban J connectivity index is 1.72. The van der Waals surface area contributed by atoms with E-state index in [1.165, 1.54) is 18.4 Å². The molecular formula is C15H19N3O. The molecule has 0 atom stereocenters. The maximum absolute atomic E-state index is 5.88. The quantitative estimate of drug-likeness (QED) is 0.895. The largest absolute Gasteiger partial charge is 0.454 e. The van der Waals surface area contributed by atoms with Gasteiger partial charge in [-0.05, 0) is 37.0 Å². The summed E-state index contributed by atoms with van der Waals surface area (Å²) < 4.78 is 7.62. The number of benzene rings is 1. The second-order valence-corrected chi connectivity index (χ2v) is 5.21. The highest BCUT2D eigenvalue weighted by Gasteiger charge is 2.20. The van der Waals surface area contributed by atoms with Crippen LogP contribution in [0.4, 0.5) is 0 Å². The molecule has 0 amide bonds. The van der Waals surface area contributed by atoms with Crippen LogP contribution >= 0.6 is 0 Å². The topological polar surface area (TPSA) is 39.1 Å². The van der Waals surface area contributed by atoms with Crippen LogP contribution in [-0.2, 0) is 13.6 Å². The van der Waals surface area contributed by atoms with Crippen molar-refractivity contribution in [2.24, 2.45) is 7.05 Å². The number of nitrogens with zero attached hydrogens (tertiary/aromatic N) is 2. The Hall–Kier alpha value is -1.81. The van der Waals surface area contributed by atoms with E-state index in [1.54, 1.807) is 10.9 Å². The molecule has 0 saturated heterocycles. The molecule has 0 aliphatic heterocycles. The second-order valence-electron chi connectivity index (χ2n) is 5.21. The molecule has 1 saturated carbocycles. The second kappa shape index (κ2) is 5.05. The van der Waals surface area contributed by atoms with Crippen molar-refractivity contribution in [2.45, 2.75) is 32.4 Å². The minimum Gasteiger partial charge on any atom is -0.454 e. The van der Waals surface area contributed by atoms with Crippen LogP contribution in [0.15, 0.2) is 30.6 Å². The SMILES string of the molecule is Cc1ccc(CNC2CC2)cc1Oc1cnn(C)c1. The molecule has 0 radical (unpaired) electrons. The molecule has 1 fully saturated rings. The molecule has 0 unspecified atom stereocenters. The zero-order chi connectivity index (χ0) is 13.2. The van der Waals surface area contributed by atoms with Crippen LogP contribution in [0.3, 0.4) is 0 Å². The zero-order valence-electron chi connectivity index (χ0n) is 11.4. The molecule has 1 aliphatic carbocycles. The summed E-state index contributed by atoms with van der Waals surface area (Å²) in [5.74, 6) is 1.68. The number of hydrogen-bond donors (Lipinski definition) is 1. The van der Waals surface area contributed by atoms with E-state index in [0.717, 1.165) is 29.6 Å². The van der Waals surface area contributed by atoms with Gasteiger partial charge in [-0.15, -0.1) is 0 Å². The highest BCUT2D eigenvalue weighted by Crippen LogP contribution is 2.26. The molecule has 19 heavy (non-hydrogen) atoms. The van der Waals surface area contributed by atoms with Gasteiger partial charge in [0, 0.05) is 19.6 Å². The summed E-state index contributed by atoms with van der Waals surface area (Å²) >= 11 is 0. The van der Waals surface area contributed by atoms with Crippen molar-refractivity contribution in [1.29, 1.82) is 0 Å². The number of ether oxygens (including phenoxy) is 1. The number of rotatable bonds is 5. The van der Waals surface area contributed by atoms with Crippen LogP contribution < -0.4 is 10.1 Å². The van der Waals surface area contributed by atoms with Gasteiger partial charge in [-0.25, -0.2) is 0 Å². The maximum Gasteiger partial charge on any atom is 0.165 e. The average molecular weight is 257 g/mol. The third-order valence-corrected chi connectivity index (χ3v) is 3.33. The van der Waals surface area contributed by atoms with Gasteiger partial charge in [0.1, 0.15) is 5.75 Å².